The molecule has 0 radical (unpaired) electrons. The van der Waals surface area contributed by atoms with E-state index in [2.05, 4.69) is 20.3 Å². The molecule has 6 N–H and O–H groups in total. The fourth-order valence-corrected chi connectivity index (χ4v) is 7.62. The maximum absolute atomic E-state index is 13.5. The molecule has 0 fully saturated rings. The third-order valence-corrected chi connectivity index (χ3v) is 10.8. The first-order valence-electron chi connectivity index (χ1n) is 20.1. The molecule has 15 heteroatoms. The van der Waals surface area contributed by atoms with Crippen LogP contribution < -0.4 is 35.3 Å². The van der Waals surface area contributed by atoms with Crippen LogP contribution in [-0.2, 0) is 39.5 Å². The first-order valence-corrected chi connectivity index (χ1v) is 22.0. The number of ether oxygens (including phenoxy) is 3. The zero-order valence-electron chi connectivity index (χ0n) is 35.9. The average Bonchev–Trinajstić information content (AvgIpc) is 3.23. The molecule has 0 saturated heterocycles. The molecule has 63 heavy (non-hydrogen) atoms. The van der Waals surface area contributed by atoms with Gasteiger partial charge in [-0.15, -0.1) is 0 Å². The number of aromatic nitrogens is 1. The van der Waals surface area contributed by atoms with Crippen molar-refractivity contribution < 1.29 is 42.1 Å². The van der Waals surface area contributed by atoms with Gasteiger partial charge in [0.2, 0.25) is 10.0 Å². The van der Waals surface area contributed by atoms with Crippen LogP contribution in [0.25, 0.3) is 10.8 Å². The molecule has 328 valence electrons. The summed E-state index contributed by atoms with van der Waals surface area (Å²) >= 11 is 0. The van der Waals surface area contributed by atoms with Gasteiger partial charge in [-0.05, 0) is 83.0 Å². The molecule has 0 unspecified atom stereocenters. The van der Waals surface area contributed by atoms with Crippen LogP contribution in [0.15, 0.2) is 109 Å². The van der Waals surface area contributed by atoms with Crippen LogP contribution in [0.3, 0.4) is 0 Å². The van der Waals surface area contributed by atoms with Gasteiger partial charge in [-0.3, -0.25) is 19.3 Å². The minimum Gasteiger partial charge on any atom is -0.496 e. The third kappa shape index (κ3) is 11.9. The highest BCUT2D eigenvalue weighted by Gasteiger charge is 2.23. The van der Waals surface area contributed by atoms with Crippen molar-refractivity contribution >= 4 is 55.6 Å². The first kappa shape index (κ1) is 45.6. The van der Waals surface area contributed by atoms with Crippen LogP contribution in [0.4, 0.5) is 21.9 Å². The SMILES string of the molecule is COc1cc(Cc2cc(Oc3ccc(NC(=O)Nc4cc(C(C)(C)C)cc(NS(C)(=O)=O)c4OC)c4ccccc34)ccn2)ccc1C(=O)CCc1cccc(C[C@@H](N)C(=O)O)c1. The summed E-state index contributed by atoms with van der Waals surface area (Å²) < 4.78 is 44.5. The number of fused-ring (bicyclic) bond motifs is 1. The molecule has 5 aromatic carbocycles. The number of rotatable bonds is 17. The summed E-state index contributed by atoms with van der Waals surface area (Å²) in [6.07, 6.45) is 4.04. The fraction of sp³-hybridized carbons (Fsp3) is 0.250. The second kappa shape index (κ2) is 19.4. The standard InChI is InChI=1S/C48H51N5O9S/c1-48(2,3)32-26-40(45(61-5)41(27-32)53-63(6,58)59)52-47(57)51-39-17-19-43(36-13-8-7-12-35(36)39)62-34-20-21-50-33(28-34)23-31-14-16-37(44(25-31)60-4)42(54)18-15-29-10-9-11-30(22-29)24-38(49)46(55)56/h7-14,16-17,19-22,25-28,38,53H,15,18,23-24,49H2,1-6H3,(H,55,56)(H2,51,52,57)/t38-/m1/s1. The highest BCUT2D eigenvalue weighted by atomic mass is 32.2. The molecule has 0 spiro atoms. The van der Waals surface area contributed by atoms with Crippen LogP contribution in [0.5, 0.6) is 23.0 Å². The smallest absolute Gasteiger partial charge is 0.323 e. The van der Waals surface area contributed by atoms with E-state index in [1.807, 2.05) is 87.5 Å². The highest BCUT2D eigenvalue weighted by Crippen LogP contribution is 2.40. The second-order valence-electron chi connectivity index (χ2n) is 16.2. The number of ketones is 1. The number of pyridine rings is 1. The van der Waals surface area contributed by atoms with E-state index in [4.69, 9.17) is 25.1 Å². The van der Waals surface area contributed by atoms with Crippen molar-refractivity contribution in [2.24, 2.45) is 5.73 Å². The van der Waals surface area contributed by atoms with Gasteiger partial charge < -0.3 is 35.7 Å². The number of amides is 2. The molecular weight excluding hydrogens is 823 g/mol. The molecule has 6 rings (SSSR count). The number of nitrogens with zero attached hydrogens (tertiary/aromatic N) is 1. The molecule has 0 aliphatic carbocycles. The summed E-state index contributed by atoms with van der Waals surface area (Å²) in [5, 5.41) is 16.4. The summed E-state index contributed by atoms with van der Waals surface area (Å²) in [5.74, 6) is 0.550. The van der Waals surface area contributed by atoms with Crippen molar-refractivity contribution in [1.29, 1.82) is 0 Å². The normalized spacial score (nSPS) is 12.0. The summed E-state index contributed by atoms with van der Waals surface area (Å²) in [7, 11) is -0.732. The number of aryl methyl sites for hydroxylation is 1. The molecule has 6 aromatic rings. The van der Waals surface area contributed by atoms with Crippen LogP contribution in [0.1, 0.15) is 65.5 Å². The van der Waals surface area contributed by atoms with E-state index in [1.54, 1.807) is 42.6 Å². The predicted molar refractivity (Wildman–Crippen MR) is 245 cm³/mol. The Morgan fingerprint density at radius 3 is 2.19 bits per heavy atom. The number of sulfonamides is 1. The average molecular weight is 874 g/mol. The van der Waals surface area contributed by atoms with E-state index >= 15 is 0 Å². The predicted octanol–water partition coefficient (Wildman–Crippen LogP) is 8.72. The minimum absolute atomic E-state index is 0.0853. The maximum Gasteiger partial charge on any atom is 0.323 e. The van der Waals surface area contributed by atoms with Crippen molar-refractivity contribution in [2.75, 3.05) is 35.8 Å². The number of nitrogens with two attached hydrogens (primary N) is 1. The molecule has 1 aromatic heterocycles. The van der Waals surface area contributed by atoms with Crippen molar-refractivity contribution in [3.63, 3.8) is 0 Å². The molecule has 2 amide bonds. The molecular formula is C48H51N5O9S. The van der Waals surface area contributed by atoms with E-state index in [1.165, 1.54) is 14.2 Å². The topological polar surface area (TPSA) is 208 Å². The number of nitrogens with one attached hydrogen (secondary N) is 3. The number of carbonyl (C=O) groups excluding carboxylic acids is 2. The van der Waals surface area contributed by atoms with Gasteiger partial charge >= 0.3 is 12.0 Å². The van der Waals surface area contributed by atoms with Gasteiger partial charge in [-0.2, -0.15) is 0 Å². The van der Waals surface area contributed by atoms with E-state index in [0.717, 1.165) is 39.6 Å². The van der Waals surface area contributed by atoms with Gasteiger partial charge in [0, 0.05) is 41.6 Å². The Balaban J connectivity index is 1.14. The van der Waals surface area contributed by atoms with Crippen LogP contribution >= 0.6 is 0 Å². The van der Waals surface area contributed by atoms with E-state index in [-0.39, 0.29) is 41.2 Å². The monoisotopic (exact) mass is 873 g/mol. The Bertz CT molecular complexity index is 2790. The number of aliphatic carboxylic acids is 1. The maximum atomic E-state index is 13.5. The molecule has 0 saturated carbocycles. The molecule has 1 heterocycles. The number of methoxy groups -OCH3 is 2. The van der Waals surface area contributed by atoms with Gasteiger partial charge in [-0.25, -0.2) is 13.2 Å². The highest BCUT2D eigenvalue weighted by molar-refractivity contribution is 7.92. The number of anilines is 3. The third-order valence-electron chi connectivity index (χ3n) is 10.2. The molecule has 1 atom stereocenters. The van der Waals surface area contributed by atoms with Gasteiger partial charge in [-0.1, -0.05) is 75.4 Å². The summed E-state index contributed by atoms with van der Waals surface area (Å²) in [6, 6.07) is 29.4. The van der Waals surface area contributed by atoms with Crippen LogP contribution in [-0.4, -0.2) is 62.8 Å². The zero-order valence-corrected chi connectivity index (χ0v) is 36.8. The molecule has 0 aliphatic rings. The van der Waals surface area contributed by atoms with E-state index < -0.39 is 28.1 Å². The number of carbonyl (C=O) groups is 3. The zero-order chi connectivity index (χ0) is 45.5. The lowest BCUT2D eigenvalue weighted by Crippen LogP contribution is -2.32. The Morgan fingerprint density at radius 1 is 0.778 bits per heavy atom. The number of hydrogen-bond donors (Lipinski definition) is 5. The van der Waals surface area contributed by atoms with Crippen molar-refractivity contribution in [3.8, 4) is 23.0 Å². The summed E-state index contributed by atoms with van der Waals surface area (Å²) in [4.78, 5) is 42.6. The lowest BCUT2D eigenvalue weighted by molar-refractivity contribution is -0.138. The van der Waals surface area contributed by atoms with Gasteiger partial charge in [0.15, 0.2) is 11.5 Å². The Kier molecular flexibility index (Phi) is 14.0. The minimum atomic E-state index is -3.65. The lowest BCUT2D eigenvalue weighted by atomic mass is 9.86. The van der Waals surface area contributed by atoms with Crippen molar-refractivity contribution in [3.05, 3.63) is 143 Å². The largest absolute Gasteiger partial charge is 0.496 e. The Hall–Kier alpha value is -6.97. The van der Waals surface area contributed by atoms with Gasteiger partial charge in [0.05, 0.1) is 43.1 Å². The fourth-order valence-electron chi connectivity index (χ4n) is 7.07. The van der Waals surface area contributed by atoms with Gasteiger partial charge in [0.1, 0.15) is 23.3 Å². The van der Waals surface area contributed by atoms with Crippen molar-refractivity contribution in [1.82, 2.24) is 4.98 Å². The number of Topliss-reactive ketones (excluding diaryl/α,β-unsaturated/α-hetero) is 1. The number of carboxylic acid groups (broad SMARTS) is 1. The van der Waals surface area contributed by atoms with Crippen LogP contribution in [0, 0.1) is 0 Å². The Morgan fingerprint density at radius 2 is 1.49 bits per heavy atom. The molecule has 0 aliphatic heterocycles. The Labute approximate surface area is 366 Å². The first-order chi connectivity index (χ1) is 29.9. The van der Waals surface area contributed by atoms with Gasteiger partial charge in [0.25, 0.3) is 0 Å². The molecule has 0 bridgehead atoms. The quantitative estimate of drug-likeness (QED) is 0.0548. The van der Waals surface area contributed by atoms with Crippen molar-refractivity contribution in [2.45, 2.75) is 57.9 Å². The summed E-state index contributed by atoms with van der Waals surface area (Å²) in [6.45, 7) is 5.93. The number of hydrogen-bond acceptors (Lipinski definition) is 10. The number of carboxylic acids is 1. The second-order valence-corrected chi connectivity index (χ2v) is 17.9. The number of urea groups is 1. The van der Waals surface area contributed by atoms with Crippen LogP contribution in [0.2, 0.25) is 0 Å². The summed E-state index contributed by atoms with van der Waals surface area (Å²) in [5.41, 5.74) is 10.9. The molecule has 14 nitrogen and oxygen atoms in total. The van der Waals surface area contributed by atoms with E-state index in [9.17, 15) is 22.8 Å². The lowest BCUT2D eigenvalue weighted by Gasteiger charge is -2.24. The number of benzene rings is 5. The van der Waals surface area contributed by atoms with E-state index in [0.29, 0.717) is 46.7 Å².